The lowest BCUT2D eigenvalue weighted by Crippen LogP contribution is -1.95. The summed E-state index contributed by atoms with van der Waals surface area (Å²) in [5.74, 6) is 0. The predicted octanol–water partition coefficient (Wildman–Crippen LogP) is 3.04. The first-order valence-corrected chi connectivity index (χ1v) is 8.74. The van der Waals surface area contributed by atoms with Gasteiger partial charge in [-0.05, 0) is 18.2 Å². The third kappa shape index (κ3) is 3.04. The Morgan fingerprint density at radius 1 is 1.36 bits per heavy atom. The second-order valence-electron chi connectivity index (χ2n) is 2.35. The van der Waals surface area contributed by atoms with Gasteiger partial charge in [-0.1, -0.05) is 11.6 Å². The minimum atomic E-state index is -3.32. The van der Waals surface area contributed by atoms with Crippen LogP contribution in [0.1, 0.15) is 10.4 Å². The summed E-state index contributed by atoms with van der Waals surface area (Å²) in [7, 11) is -3.32. The standard InChI is InChI=1S/C7H3ClI2O3S/c8-6-2-1-4(14(10,12)13)3-5(6)7(9)11/h1-3H. The molecule has 0 fully saturated rings. The van der Waals surface area contributed by atoms with E-state index < -0.39 is 7.01 Å². The zero-order valence-corrected chi connectivity index (χ0v) is 12.4. The Balaban J connectivity index is 3.42. The summed E-state index contributed by atoms with van der Waals surface area (Å²) in [5.41, 5.74) is 0.213. The molecule has 0 aliphatic rings. The zero-order valence-electron chi connectivity index (χ0n) is 6.50. The largest absolute Gasteiger partial charge is 0.282 e. The van der Waals surface area contributed by atoms with Gasteiger partial charge in [0.15, 0.2) is 0 Å². The fourth-order valence-corrected chi connectivity index (χ4v) is 2.93. The van der Waals surface area contributed by atoms with E-state index in [1.807, 2.05) is 0 Å². The maximum atomic E-state index is 11.1. The predicted molar refractivity (Wildman–Crippen MR) is 71.0 cm³/mol. The molecule has 14 heavy (non-hydrogen) atoms. The number of hydrogen-bond acceptors (Lipinski definition) is 3. The monoisotopic (exact) mass is 456 g/mol. The Morgan fingerprint density at radius 3 is 2.36 bits per heavy atom. The quantitative estimate of drug-likeness (QED) is 0.508. The van der Waals surface area contributed by atoms with Crippen LogP contribution in [0.5, 0.6) is 0 Å². The second kappa shape index (κ2) is 4.62. The molecule has 0 aromatic heterocycles. The van der Waals surface area contributed by atoms with E-state index in [0.717, 1.165) is 0 Å². The van der Waals surface area contributed by atoms with Gasteiger partial charge in [0, 0.05) is 28.2 Å². The molecule has 1 aromatic carbocycles. The van der Waals surface area contributed by atoms with Gasteiger partial charge in [-0.2, -0.15) is 0 Å². The summed E-state index contributed by atoms with van der Waals surface area (Å²) in [6, 6.07) is 4.05. The van der Waals surface area contributed by atoms with Crippen molar-refractivity contribution >= 4 is 66.2 Å². The Morgan fingerprint density at radius 2 is 1.93 bits per heavy atom. The molecule has 76 valence electrons. The highest BCUT2D eigenvalue weighted by Crippen LogP contribution is 2.25. The fraction of sp³-hybridized carbons (Fsp3) is 0. The van der Waals surface area contributed by atoms with E-state index in [-0.39, 0.29) is 19.3 Å². The SMILES string of the molecule is O=C(I)c1cc(S(=O)(=O)I)ccc1Cl. The second-order valence-corrected chi connectivity index (χ2v) is 8.57. The van der Waals surface area contributed by atoms with Gasteiger partial charge in [-0.25, -0.2) is 8.42 Å². The maximum absolute atomic E-state index is 11.1. The van der Waals surface area contributed by atoms with Crippen LogP contribution >= 0.6 is 55.4 Å². The Labute approximate surface area is 112 Å². The van der Waals surface area contributed by atoms with Gasteiger partial charge < -0.3 is 0 Å². The van der Waals surface area contributed by atoms with Crippen LogP contribution in [0.2, 0.25) is 5.02 Å². The van der Waals surface area contributed by atoms with E-state index >= 15 is 0 Å². The Bertz CT molecular complexity index is 484. The van der Waals surface area contributed by atoms with Gasteiger partial charge >= 0.3 is 0 Å². The van der Waals surface area contributed by atoms with Gasteiger partial charge in [-0.3, -0.25) is 4.79 Å². The van der Waals surface area contributed by atoms with E-state index in [9.17, 15) is 13.2 Å². The van der Waals surface area contributed by atoms with Crippen LogP contribution in [0.15, 0.2) is 23.1 Å². The maximum Gasteiger partial charge on any atom is 0.231 e. The molecular formula is C7H3ClI2O3S. The first-order chi connectivity index (χ1) is 6.32. The zero-order chi connectivity index (χ0) is 10.9. The molecule has 7 heteroatoms. The molecule has 0 N–H and O–H groups in total. The molecular weight excluding hydrogens is 453 g/mol. The van der Waals surface area contributed by atoms with Gasteiger partial charge in [0.2, 0.25) is 10.8 Å². The van der Waals surface area contributed by atoms with Crippen LogP contribution in [0.25, 0.3) is 0 Å². The van der Waals surface area contributed by atoms with Gasteiger partial charge in [0.25, 0.3) is 0 Å². The van der Waals surface area contributed by atoms with E-state index in [4.69, 9.17) is 11.6 Å². The molecule has 0 heterocycles. The molecule has 1 rings (SSSR count). The number of rotatable bonds is 2. The van der Waals surface area contributed by atoms with Crippen molar-refractivity contribution in [3.05, 3.63) is 28.8 Å². The van der Waals surface area contributed by atoms with Gasteiger partial charge in [-0.15, -0.1) is 0 Å². The van der Waals surface area contributed by atoms with Gasteiger partial charge in [0.1, 0.15) is 0 Å². The number of hydrogen-bond donors (Lipinski definition) is 0. The normalized spacial score (nSPS) is 11.4. The molecule has 3 nitrogen and oxygen atoms in total. The van der Waals surface area contributed by atoms with Crippen molar-refractivity contribution in [2.75, 3.05) is 0 Å². The van der Waals surface area contributed by atoms with Crippen molar-refractivity contribution in [2.24, 2.45) is 0 Å². The summed E-state index contributed by atoms with van der Waals surface area (Å²) in [6.07, 6.45) is 0. The Hall–Kier alpha value is 0.590. The molecule has 0 radical (unpaired) electrons. The van der Waals surface area contributed by atoms with Crippen LogP contribution in [-0.4, -0.2) is 12.2 Å². The molecule has 0 spiro atoms. The molecule has 0 atom stereocenters. The van der Waals surface area contributed by atoms with Gasteiger partial charge in [0.05, 0.1) is 31.1 Å². The van der Waals surface area contributed by atoms with Crippen molar-refractivity contribution < 1.29 is 13.2 Å². The molecule has 0 unspecified atom stereocenters. The highest BCUT2D eigenvalue weighted by atomic mass is 127. The lowest BCUT2D eigenvalue weighted by Gasteiger charge is -2.01. The first-order valence-electron chi connectivity index (χ1n) is 3.26. The number of carbonyl (C=O) groups excluding carboxylic acids is 1. The molecule has 0 saturated carbocycles. The summed E-state index contributed by atoms with van der Waals surface area (Å²) in [5, 5.41) is 0.258. The summed E-state index contributed by atoms with van der Waals surface area (Å²) >= 11 is 8.59. The third-order valence-electron chi connectivity index (χ3n) is 1.43. The molecule has 0 aliphatic heterocycles. The number of carbonyl (C=O) groups is 1. The van der Waals surface area contributed by atoms with Crippen LogP contribution in [0, 0.1) is 0 Å². The first kappa shape index (κ1) is 12.7. The summed E-state index contributed by atoms with van der Waals surface area (Å²) in [6.45, 7) is 0. The molecule has 0 amide bonds. The van der Waals surface area contributed by atoms with E-state index in [1.54, 1.807) is 22.6 Å². The average molecular weight is 456 g/mol. The van der Waals surface area contributed by atoms with Crippen molar-refractivity contribution in [2.45, 2.75) is 4.90 Å². The van der Waals surface area contributed by atoms with Crippen LogP contribution in [0.3, 0.4) is 0 Å². The van der Waals surface area contributed by atoms with Crippen LogP contribution in [0.4, 0.5) is 0 Å². The van der Waals surface area contributed by atoms with Crippen LogP contribution in [-0.2, 0) is 7.01 Å². The third-order valence-corrected chi connectivity index (χ3v) is 4.68. The van der Waals surface area contributed by atoms with Crippen molar-refractivity contribution in [3.8, 4) is 0 Å². The fourth-order valence-electron chi connectivity index (χ4n) is 0.807. The van der Waals surface area contributed by atoms with Crippen molar-refractivity contribution in [3.63, 3.8) is 0 Å². The Kier molecular flexibility index (Phi) is 4.18. The highest BCUT2D eigenvalue weighted by Gasteiger charge is 2.14. The van der Waals surface area contributed by atoms with E-state index in [2.05, 4.69) is 0 Å². The average Bonchev–Trinajstić information content (AvgIpc) is 2.02. The smallest absolute Gasteiger partial charge is 0.231 e. The minimum absolute atomic E-state index is 0.0857. The summed E-state index contributed by atoms with van der Waals surface area (Å²) < 4.78 is 22.0. The summed E-state index contributed by atoms with van der Waals surface area (Å²) in [4.78, 5) is 11.1. The number of halogens is 3. The van der Waals surface area contributed by atoms with Crippen LogP contribution < -0.4 is 0 Å². The van der Waals surface area contributed by atoms with E-state index in [0.29, 0.717) is 0 Å². The van der Waals surface area contributed by atoms with Crippen molar-refractivity contribution in [1.82, 2.24) is 0 Å². The number of benzene rings is 1. The molecule has 0 aliphatic carbocycles. The molecule has 0 bridgehead atoms. The minimum Gasteiger partial charge on any atom is -0.282 e. The van der Waals surface area contributed by atoms with E-state index in [1.165, 1.54) is 39.4 Å². The molecule has 1 aromatic rings. The lowest BCUT2D eigenvalue weighted by molar-refractivity contribution is 0.110. The van der Waals surface area contributed by atoms with Crippen molar-refractivity contribution in [1.29, 1.82) is 0 Å². The molecule has 0 saturated heterocycles. The lowest BCUT2D eigenvalue weighted by atomic mass is 10.2. The topological polar surface area (TPSA) is 51.2 Å². The highest BCUT2D eigenvalue weighted by molar-refractivity contribution is 14.2.